The minimum absolute atomic E-state index is 0.0456. The first-order valence-corrected chi connectivity index (χ1v) is 7.79. The minimum atomic E-state index is 0.0456. The van der Waals surface area contributed by atoms with Crippen molar-refractivity contribution in [2.45, 2.75) is 26.3 Å². The van der Waals surface area contributed by atoms with E-state index >= 15 is 0 Å². The molecule has 0 aromatic carbocycles. The molecule has 5 heteroatoms. The molecule has 19 heavy (non-hydrogen) atoms. The number of nitrogens with one attached hydrogen (secondary N) is 1. The lowest BCUT2D eigenvalue weighted by atomic mass is 10.0. The van der Waals surface area contributed by atoms with Crippen LogP contribution in [0.15, 0.2) is 24.4 Å². The summed E-state index contributed by atoms with van der Waals surface area (Å²) in [5, 5.41) is 3.50. The molecule has 0 saturated heterocycles. The molecule has 0 fully saturated rings. The summed E-state index contributed by atoms with van der Waals surface area (Å²) in [7, 11) is 0. The highest BCUT2D eigenvalue weighted by atomic mass is 35.5. The van der Waals surface area contributed by atoms with Crippen LogP contribution >= 0.6 is 34.5 Å². The number of aryl methyl sites for hydroxylation is 1. The average Bonchev–Trinajstić information content (AvgIpc) is 2.71. The van der Waals surface area contributed by atoms with Gasteiger partial charge in [0.2, 0.25) is 0 Å². The van der Waals surface area contributed by atoms with Crippen molar-refractivity contribution in [2.24, 2.45) is 0 Å². The molecule has 2 heterocycles. The number of halogens is 2. The number of aromatic nitrogens is 1. The Balaban J connectivity index is 2.35. The van der Waals surface area contributed by atoms with Crippen molar-refractivity contribution in [3.8, 4) is 0 Å². The fraction of sp³-hybridized carbons (Fsp3) is 0.357. The van der Waals surface area contributed by atoms with E-state index in [1.54, 1.807) is 0 Å². The maximum Gasteiger partial charge on any atom is 0.0995 e. The molecule has 0 radical (unpaired) electrons. The smallest absolute Gasteiger partial charge is 0.0995 e. The molecule has 0 aliphatic rings. The van der Waals surface area contributed by atoms with E-state index in [1.807, 2.05) is 25.3 Å². The van der Waals surface area contributed by atoms with Crippen LogP contribution in [-0.2, 0) is 0 Å². The van der Waals surface area contributed by atoms with Gasteiger partial charge in [-0.15, -0.1) is 11.3 Å². The maximum absolute atomic E-state index is 6.27. The van der Waals surface area contributed by atoms with Crippen molar-refractivity contribution in [3.63, 3.8) is 0 Å². The lowest BCUT2D eigenvalue weighted by Crippen LogP contribution is -2.23. The number of nitrogens with zero attached hydrogens (tertiary/aromatic N) is 1. The van der Waals surface area contributed by atoms with Gasteiger partial charge in [-0.1, -0.05) is 36.2 Å². The normalized spacial score (nSPS) is 12.6. The minimum Gasteiger partial charge on any atom is -0.306 e. The van der Waals surface area contributed by atoms with Crippen molar-refractivity contribution in [1.29, 1.82) is 0 Å². The van der Waals surface area contributed by atoms with E-state index in [2.05, 4.69) is 23.3 Å². The molecule has 0 saturated carbocycles. The standard InChI is InChI=1S/C14H16Cl2N2S/c1-3-6-17-13(10-5-4-9(2)18-8-10)11-7-12(15)19-14(11)16/h4-5,7-8,13,17H,3,6H2,1-2H3. The van der Waals surface area contributed by atoms with Gasteiger partial charge < -0.3 is 5.32 Å². The quantitative estimate of drug-likeness (QED) is 0.853. The summed E-state index contributed by atoms with van der Waals surface area (Å²) in [6.45, 7) is 5.04. The van der Waals surface area contributed by atoms with Crippen LogP contribution in [0.25, 0.3) is 0 Å². The Bertz CT molecular complexity index is 537. The van der Waals surface area contributed by atoms with Crippen LogP contribution in [0.5, 0.6) is 0 Å². The number of rotatable bonds is 5. The second kappa shape index (κ2) is 6.71. The zero-order valence-electron chi connectivity index (χ0n) is 10.9. The molecule has 0 aliphatic carbocycles. The molecule has 2 aromatic heterocycles. The number of hydrogen-bond acceptors (Lipinski definition) is 3. The van der Waals surface area contributed by atoms with Gasteiger partial charge in [0.1, 0.15) is 0 Å². The molecule has 0 aliphatic heterocycles. The van der Waals surface area contributed by atoms with Gasteiger partial charge in [-0.2, -0.15) is 0 Å². The van der Waals surface area contributed by atoms with E-state index in [0.29, 0.717) is 4.34 Å². The molecule has 2 aromatic rings. The van der Waals surface area contributed by atoms with E-state index in [1.165, 1.54) is 11.3 Å². The highest BCUT2D eigenvalue weighted by molar-refractivity contribution is 7.20. The molecule has 0 spiro atoms. The average molecular weight is 315 g/mol. The Morgan fingerprint density at radius 3 is 2.68 bits per heavy atom. The molecule has 2 rings (SSSR count). The lowest BCUT2D eigenvalue weighted by Gasteiger charge is -2.18. The molecule has 102 valence electrons. The zero-order valence-corrected chi connectivity index (χ0v) is 13.2. The predicted octanol–water partition coefficient (Wildman–Crippen LogP) is 4.85. The molecule has 2 nitrogen and oxygen atoms in total. The monoisotopic (exact) mass is 314 g/mol. The SMILES string of the molecule is CCCNC(c1ccc(C)nc1)c1cc(Cl)sc1Cl. The Morgan fingerprint density at radius 2 is 2.16 bits per heavy atom. The zero-order chi connectivity index (χ0) is 13.8. The summed E-state index contributed by atoms with van der Waals surface area (Å²) in [4.78, 5) is 4.36. The second-order valence-electron chi connectivity index (χ2n) is 4.40. The van der Waals surface area contributed by atoms with Crippen LogP contribution in [0.1, 0.15) is 36.2 Å². The van der Waals surface area contributed by atoms with Crippen LogP contribution in [0.2, 0.25) is 8.67 Å². The van der Waals surface area contributed by atoms with Gasteiger partial charge in [0.15, 0.2) is 0 Å². The molecular weight excluding hydrogens is 299 g/mol. The topological polar surface area (TPSA) is 24.9 Å². The lowest BCUT2D eigenvalue weighted by molar-refractivity contribution is 0.598. The summed E-state index contributed by atoms with van der Waals surface area (Å²) in [6.07, 6.45) is 2.95. The van der Waals surface area contributed by atoms with E-state index in [0.717, 1.165) is 34.1 Å². The van der Waals surface area contributed by atoms with Crippen LogP contribution in [0.4, 0.5) is 0 Å². The summed E-state index contributed by atoms with van der Waals surface area (Å²) in [6, 6.07) is 6.07. The highest BCUT2D eigenvalue weighted by Crippen LogP contribution is 2.37. The Labute approximate surface area is 127 Å². The van der Waals surface area contributed by atoms with E-state index in [-0.39, 0.29) is 6.04 Å². The van der Waals surface area contributed by atoms with Gasteiger partial charge in [-0.3, -0.25) is 4.98 Å². The summed E-state index contributed by atoms with van der Waals surface area (Å²) < 4.78 is 1.45. The summed E-state index contributed by atoms with van der Waals surface area (Å²) in [5.41, 5.74) is 3.14. The Hall–Kier alpha value is -0.610. The summed E-state index contributed by atoms with van der Waals surface area (Å²) in [5.74, 6) is 0. The third-order valence-corrected chi connectivity index (χ3v) is 4.38. The summed E-state index contributed by atoms with van der Waals surface area (Å²) >= 11 is 13.7. The van der Waals surface area contributed by atoms with Crippen LogP contribution in [0.3, 0.4) is 0 Å². The number of hydrogen-bond donors (Lipinski definition) is 1. The molecule has 1 N–H and O–H groups in total. The van der Waals surface area contributed by atoms with Gasteiger partial charge >= 0.3 is 0 Å². The van der Waals surface area contributed by atoms with Gasteiger partial charge in [0, 0.05) is 17.5 Å². The highest BCUT2D eigenvalue weighted by Gasteiger charge is 2.19. The molecule has 1 unspecified atom stereocenters. The first-order valence-electron chi connectivity index (χ1n) is 6.22. The van der Waals surface area contributed by atoms with Gasteiger partial charge in [-0.25, -0.2) is 0 Å². The second-order valence-corrected chi connectivity index (χ2v) is 6.69. The van der Waals surface area contributed by atoms with E-state index < -0.39 is 0 Å². The third kappa shape index (κ3) is 3.69. The van der Waals surface area contributed by atoms with Crippen molar-refractivity contribution in [2.75, 3.05) is 6.54 Å². The number of thiophene rings is 1. The Kier molecular flexibility index (Phi) is 5.22. The van der Waals surface area contributed by atoms with Crippen molar-refractivity contribution in [3.05, 3.63) is 49.9 Å². The van der Waals surface area contributed by atoms with Crippen molar-refractivity contribution < 1.29 is 0 Å². The Morgan fingerprint density at radius 1 is 1.37 bits per heavy atom. The predicted molar refractivity (Wildman–Crippen MR) is 83.4 cm³/mol. The molecular formula is C14H16Cl2N2S. The molecule has 0 amide bonds. The van der Waals surface area contributed by atoms with Gasteiger partial charge in [-0.05, 0) is 37.6 Å². The first kappa shape index (κ1) is 14.8. The third-order valence-electron chi connectivity index (χ3n) is 2.86. The number of pyridine rings is 1. The van der Waals surface area contributed by atoms with Crippen molar-refractivity contribution in [1.82, 2.24) is 10.3 Å². The van der Waals surface area contributed by atoms with Gasteiger partial charge in [0.05, 0.1) is 14.7 Å². The fourth-order valence-corrected chi connectivity index (χ4v) is 3.43. The largest absolute Gasteiger partial charge is 0.306 e. The van der Waals surface area contributed by atoms with Crippen LogP contribution in [0, 0.1) is 6.92 Å². The first-order chi connectivity index (χ1) is 9.11. The van der Waals surface area contributed by atoms with E-state index in [9.17, 15) is 0 Å². The van der Waals surface area contributed by atoms with Crippen molar-refractivity contribution >= 4 is 34.5 Å². The van der Waals surface area contributed by atoms with E-state index in [4.69, 9.17) is 23.2 Å². The molecule has 1 atom stereocenters. The molecule has 0 bridgehead atoms. The van der Waals surface area contributed by atoms with Gasteiger partial charge in [0.25, 0.3) is 0 Å². The maximum atomic E-state index is 6.27. The van der Waals surface area contributed by atoms with Crippen LogP contribution in [-0.4, -0.2) is 11.5 Å². The fourth-order valence-electron chi connectivity index (χ4n) is 1.90. The van der Waals surface area contributed by atoms with Crippen LogP contribution < -0.4 is 5.32 Å².